The molecule has 446 valence electrons. The molecule has 8 fully saturated rings. The first-order valence-corrected chi connectivity index (χ1v) is 27.9. The lowest BCUT2D eigenvalue weighted by Gasteiger charge is -2.71. The molecule has 0 spiro atoms. The number of hydrogen-bond acceptors (Lipinski definition) is 23. The number of hydrogen-bond donors (Lipinski definition) is 15. The normalized spacial score (nSPS) is 52.7. The highest BCUT2D eigenvalue weighted by Gasteiger charge is 2.72. The number of aliphatic hydroxyl groups excluding tert-OH is 15. The average Bonchev–Trinajstić information content (AvgIpc) is 3.96. The summed E-state index contributed by atoms with van der Waals surface area (Å²) in [4.78, 5) is 0. The number of rotatable bonds is 16. The highest BCUT2D eigenvalue weighted by molar-refractivity contribution is 5.20. The first-order chi connectivity index (χ1) is 36.0. The highest BCUT2D eigenvalue weighted by atomic mass is 16.8. The van der Waals surface area contributed by atoms with Crippen molar-refractivity contribution in [3.63, 3.8) is 0 Å². The summed E-state index contributed by atoms with van der Waals surface area (Å²) in [7, 11) is 0. The molecule has 0 radical (unpaired) electrons. The zero-order chi connectivity index (χ0) is 56.6. The lowest BCUT2D eigenvalue weighted by molar-refractivity contribution is -0.378. The third kappa shape index (κ3) is 10.9. The molecule has 15 N–H and O–H groups in total. The minimum absolute atomic E-state index is 0.0374. The second-order valence-electron chi connectivity index (χ2n) is 25.7. The van der Waals surface area contributed by atoms with Crippen molar-refractivity contribution in [1.82, 2.24) is 0 Å². The second kappa shape index (κ2) is 23.5. The van der Waals surface area contributed by atoms with Crippen LogP contribution < -0.4 is 0 Å². The zero-order valence-electron chi connectivity index (χ0n) is 45.8. The van der Waals surface area contributed by atoms with Crippen LogP contribution in [0.25, 0.3) is 0 Å². The summed E-state index contributed by atoms with van der Waals surface area (Å²) >= 11 is 0. The maximum atomic E-state index is 12.8. The molecule has 8 rings (SSSR count). The van der Waals surface area contributed by atoms with Gasteiger partial charge in [0.15, 0.2) is 25.2 Å². The van der Waals surface area contributed by atoms with E-state index in [1.54, 1.807) is 0 Å². The van der Waals surface area contributed by atoms with Gasteiger partial charge in [-0.05, 0) is 124 Å². The van der Waals surface area contributed by atoms with Crippen LogP contribution in [0, 0.1) is 45.3 Å². The molecule has 0 aromatic carbocycles. The predicted molar refractivity (Wildman–Crippen MR) is 266 cm³/mol. The molecule has 8 aliphatic rings. The van der Waals surface area contributed by atoms with Crippen LogP contribution in [0.2, 0.25) is 0 Å². The van der Waals surface area contributed by atoms with E-state index in [4.69, 9.17) is 37.9 Å². The molecule has 77 heavy (non-hydrogen) atoms. The topological polar surface area (TPSA) is 377 Å². The molecule has 0 bridgehead atoms. The molecule has 0 amide bonds. The van der Waals surface area contributed by atoms with Gasteiger partial charge >= 0.3 is 0 Å². The van der Waals surface area contributed by atoms with Gasteiger partial charge in [0.05, 0.1) is 44.2 Å². The van der Waals surface area contributed by atoms with Gasteiger partial charge in [0, 0.05) is 0 Å². The molecule has 4 aliphatic carbocycles. The fraction of sp³-hybridized carbons (Fsp3) is 0.963. The molecule has 4 aliphatic heterocycles. The number of fused-ring (bicyclic) bond motifs is 5. The molecule has 4 heterocycles. The Balaban J connectivity index is 1.01. The van der Waals surface area contributed by atoms with Crippen LogP contribution in [0.15, 0.2) is 11.6 Å². The van der Waals surface area contributed by atoms with Gasteiger partial charge in [0.2, 0.25) is 0 Å². The van der Waals surface area contributed by atoms with Crippen molar-refractivity contribution < 1.29 is 114 Å². The first-order valence-electron chi connectivity index (χ1n) is 27.9. The fourth-order valence-electron chi connectivity index (χ4n) is 16.3. The van der Waals surface area contributed by atoms with Crippen LogP contribution >= 0.6 is 0 Å². The van der Waals surface area contributed by atoms with Gasteiger partial charge in [-0.1, -0.05) is 46.3 Å². The summed E-state index contributed by atoms with van der Waals surface area (Å²) in [6, 6.07) is 0. The second-order valence-corrected chi connectivity index (χ2v) is 25.7. The van der Waals surface area contributed by atoms with Gasteiger partial charge in [-0.3, -0.25) is 0 Å². The van der Waals surface area contributed by atoms with Gasteiger partial charge in [-0.15, -0.1) is 0 Å². The Morgan fingerprint density at radius 1 is 0.545 bits per heavy atom. The number of aliphatic hydroxyl groups is 15. The maximum absolute atomic E-state index is 12.8. The summed E-state index contributed by atoms with van der Waals surface area (Å²) in [5.41, 5.74) is -1.59. The lowest BCUT2D eigenvalue weighted by atomic mass is 9.35. The van der Waals surface area contributed by atoms with Crippen molar-refractivity contribution in [2.24, 2.45) is 45.3 Å². The van der Waals surface area contributed by atoms with Crippen molar-refractivity contribution in [3.8, 4) is 0 Å². The SMILES string of the molecule is CC(C)=CCC[C@@](C)(OC1OC(COC2OC(CO)C(O)C(O)C2O)C(O)C(O)C1O)[C@H]1CC[C@@]2(C)[C@@H]1C(O)C[C@@H]1[C@@]3(C)CCC(O[C@H]4OC(CO)C(O)C(O)C4O[C@H]4OC(CO)C(O)C(O)C4O)C(C)(C)[C@@H]3CC[C@@]12C. The molecule has 23 heteroatoms. The van der Waals surface area contributed by atoms with Gasteiger partial charge in [0.25, 0.3) is 0 Å². The average molecular weight is 1110 g/mol. The van der Waals surface area contributed by atoms with Gasteiger partial charge in [-0.2, -0.15) is 0 Å². The Morgan fingerprint density at radius 2 is 1.05 bits per heavy atom. The van der Waals surface area contributed by atoms with Crippen molar-refractivity contribution in [2.75, 3.05) is 26.4 Å². The Morgan fingerprint density at radius 3 is 1.64 bits per heavy atom. The minimum atomic E-state index is -1.82. The quantitative estimate of drug-likeness (QED) is 0.0576. The lowest BCUT2D eigenvalue weighted by Crippen LogP contribution is -2.68. The Kier molecular flexibility index (Phi) is 18.9. The summed E-state index contributed by atoms with van der Waals surface area (Å²) in [6.07, 6.45) is -25.2. The van der Waals surface area contributed by atoms with Crippen LogP contribution in [-0.4, -0.2) is 244 Å². The minimum Gasteiger partial charge on any atom is -0.394 e. The molecule has 4 saturated carbocycles. The van der Waals surface area contributed by atoms with Crippen LogP contribution in [0.4, 0.5) is 0 Å². The summed E-state index contributed by atoms with van der Waals surface area (Å²) in [5.74, 6) is -0.475. The molecule has 23 nitrogen and oxygen atoms in total. The van der Waals surface area contributed by atoms with E-state index in [0.29, 0.717) is 38.5 Å². The van der Waals surface area contributed by atoms with Crippen molar-refractivity contribution in [3.05, 3.63) is 11.6 Å². The predicted octanol–water partition coefficient (Wildman–Crippen LogP) is -2.20. The molecular weight excluding hydrogens is 1020 g/mol. The van der Waals surface area contributed by atoms with Crippen LogP contribution in [0.5, 0.6) is 0 Å². The van der Waals surface area contributed by atoms with E-state index in [0.717, 1.165) is 24.8 Å². The largest absolute Gasteiger partial charge is 0.394 e. The maximum Gasteiger partial charge on any atom is 0.187 e. The van der Waals surface area contributed by atoms with E-state index >= 15 is 0 Å². The van der Waals surface area contributed by atoms with Crippen molar-refractivity contribution in [2.45, 2.75) is 254 Å². The smallest absolute Gasteiger partial charge is 0.187 e. The van der Waals surface area contributed by atoms with Crippen molar-refractivity contribution in [1.29, 1.82) is 0 Å². The van der Waals surface area contributed by atoms with Crippen LogP contribution in [0.3, 0.4) is 0 Å². The van der Waals surface area contributed by atoms with E-state index in [-0.39, 0.29) is 34.5 Å². The molecule has 0 aromatic heterocycles. The zero-order valence-corrected chi connectivity index (χ0v) is 45.8. The van der Waals surface area contributed by atoms with Gasteiger partial charge in [-0.25, -0.2) is 0 Å². The molecule has 30 atom stereocenters. The third-order valence-electron chi connectivity index (χ3n) is 20.9. The molecule has 20 unspecified atom stereocenters. The Labute approximate surface area is 450 Å². The van der Waals surface area contributed by atoms with E-state index in [9.17, 15) is 76.6 Å². The summed E-state index contributed by atoms with van der Waals surface area (Å²) in [6.45, 7) is 14.6. The monoisotopic (exact) mass is 1110 g/mol. The summed E-state index contributed by atoms with van der Waals surface area (Å²) in [5, 5.41) is 162. The Bertz CT molecular complexity index is 1990. The number of allylic oxidation sites excluding steroid dienone is 2. The van der Waals surface area contributed by atoms with Crippen LogP contribution in [0.1, 0.15) is 113 Å². The fourth-order valence-corrected chi connectivity index (χ4v) is 16.3. The molecular formula is C54H92O23. The van der Waals surface area contributed by atoms with E-state index in [1.807, 2.05) is 20.8 Å². The molecule has 0 aromatic rings. The first kappa shape index (κ1) is 61.9. The van der Waals surface area contributed by atoms with E-state index in [2.05, 4.69) is 40.7 Å². The standard InChI is InChI=1S/C54H92O23/c1-23(2)10-9-14-54(8,77-48-44(69)40(65)37(62)29(74-48)22-70-46-42(67)38(63)34(59)26(19-55)71-46)24-11-16-53(7)33(24)25(58)18-31-51(5)15-13-32(50(3,4)30(51)12-17-52(31,53)6)75-49-45(41(66)36(61)28(21-57)73-49)76-47-43(68)39(64)35(60)27(20-56)72-47/h10,24-49,55-69H,9,11-22H2,1-8H3/t24-,25?,26?,27?,28?,29?,30-,31+,32?,33-,34?,35?,36?,37?,38?,39?,40?,41?,42?,43?,44?,45?,46?,47+,48?,49+,51-,52-,53-,54+/m0/s1. The van der Waals surface area contributed by atoms with Gasteiger partial charge in [0.1, 0.15) is 97.7 Å². The van der Waals surface area contributed by atoms with Crippen molar-refractivity contribution >= 4 is 0 Å². The third-order valence-corrected chi connectivity index (χ3v) is 20.9. The van der Waals surface area contributed by atoms with Gasteiger partial charge < -0.3 is 114 Å². The number of ether oxygens (including phenoxy) is 8. The molecule has 4 saturated heterocycles. The van der Waals surface area contributed by atoms with E-state index < -0.39 is 178 Å². The summed E-state index contributed by atoms with van der Waals surface area (Å²) < 4.78 is 48.9. The highest BCUT2D eigenvalue weighted by Crippen LogP contribution is 2.76. The van der Waals surface area contributed by atoms with E-state index in [1.165, 1.54) is 0 Å². The van der Waals surface area contributed by atoms with Crippen LogP contribution in [-0.2, 0) is 37.9 Å². The Hall–Kier alpha value is -1.18.